The fraction of sp³-hybridized carbons (Fsp3) is 1.00. The van der Waals surface area contributed by atoms with Crippen molar-refractivity contribution in [3.05, 3.63) is 0 Å². The fourth-order valence-electron chi connectivity index (χ4n) is 2.04. The van der Waals surface area contributed by atoms with Crippen LogP contribution in [0.25, 0.3) is 0 Å². The number of methoxy groups -OCH3 is 1. The van der Waals surface area contributed by atoms with E-state index >= 15 is 0 Å². The Balaban J connectivity index is 2.10. The minimum absolute atomic E-state index is 0.691. The van der Waals surface area contributed by atoms with Crippen LogP contribution in [0, 0.1) is 5.92 Å². The number of rotatable bonds is 7. The molecule has 0 saturated carbocycles. The molecule has 1 fully saturated rings. The van der Waals surface area contributed by atoms with Crippen molar-refractivity contribution in [3.63, 3.8) is 0 Å². The van der Waals surface area contributed by atoms with E-state index < -0.39 is 0 Å². The first-order chi connectivity index (χ1) is 7.29. The summed E-state index contributed by atoms with van der Waals surface area (Å²) in [6.07, 6.45) is 1.31. The average molecular weight is 280 g/mol. The molecule has 0 aromatic heterocycles. The molecule has 0 aromatic carbocycles. The predicted octanol–water partition coefficient (Wildman–Crippen LogP) is 1.75. The SMILES string of the molecule is COCCOCCN1CCC(C)C1CBr. The molecule has 0 amide bonds. The summed E-state index contributed by atoms with van der Waals surface area (Å²) in [6.45, 7) is 6.81. The van der Waals surface area contributed by atoms with Gasteiger partial charge < -0.3 is 9.47 Å². The van der Waals surface area contributed by atoms with Crippen LogP contribution >= 0.6 is 15.9 Å². The molecule has 0 aliphatic carbocycles. The van der Waals surface area contributed by atoms with Crippen molar-refractivity contribution in [1.29, 1.82) is 0 Å². The monoisotopic (exact) mass is 279 g/mol. The van der Waals surface area contributed by atoms with Crippen LogP contribution in [-0.2, 0) is 9.47 Å². The van der Waals surface area contributed by atoms with Crippen LogP contribution in [0.5, 0.6) is 0 Å². The summed E-state index contributed by atoms with van der Waals surface area (Å²) in [6, 6.07) is 0.691. The number of halogens is 1. The van der Waals surface area contributed by atoms with E-state index in [1.165, 1.54) is 13.0 Å². The minimum Gasteiger partial charge on any atom is -0.382 e. The number of likely N-dealkylation sites (tertiary alicyclic amines) is 1. The van der Waals surface area contributed by atoms with Crippen molar-refractivity contribution in [2.45, 2.75) is 19.4 Å². The Morgan fingerprint density at radius 1 is 1.33 bits per heavy atom. The molecule has 1 heterocycles. The number of hydrogen-bond donors (Lipinski definition) is 0. The van der Waals surface area contributed by atoms with Crippen molar-refractivity contribution >= 4 is 15.9 Å². The first kappa shape index (κ1) is 13.4. The van der Waals surface area contributed by atoms with Crippen molar-refractivity contribution in [1.82, 2.24) is 4.90 Å². The molecule has 1 saturated heterocycles. The van der Waals surface area contributed by atoms with Crippen LogP contribution < -0.4 is 0 Å². The van der Waals surface area contributed by atoms with Crippen LogP contribution in [0.4, 0.5) is 0 Å². The lowest BCUT2D eigenvalue weighted by Gasteiger charge is -2.24. The zero-order valence-electron chi connectivity index (χ0n) is 9.75. The van der Waals surface area contributed by atoms with Crippen LogP contribution in [-0.4, -0.2) is 56.3 Å². The summed E-state index contributed by atoms with van der Waals surface area (Å²) < 4.78 is 10.4. The molecule has 0 radical (unpaired) electrons. The summed E-state index contributed by atoms with van der Waals surface area (Å²) in [7, 11) is 1.70. The summed E-state index contributed by atoms with van der Waals surface area (Å²) >= 11 is 3.59. The van der Waals surface area contributed by atoms with Gasteiger partial charge in [0.15, 0.2) is 0 Å². The van der Waals surface area contributed by atoms with E-state index in [0.29, 0.717) is 19.3 Å². The molecule has 1 aliphatic heterocycles. The van der Waals surface area contributed by atoms with E-state index in [-0.39, 0.29) is 0 Å². The highest BCUT2D eigenvalue weighted by molar-refractivity contribution is 9.09. The third-order valence-corrected chi connectivity index (χ3v) is 3.77. The second-order valence-corrected chi connectivity index (χ2v) is 4.78. The number of alkyl halides is 1. The second-order valence-electron chi connectivity index (χ2n) is 4.13. The van der Waals surface area contributed by atoms with Crippen LogP contribution in [0.1, 0.15) is 13.3 Å². The molecule has 1 rings (SSSR count). The van der Waals surface area contributed by atoms with E-state index in [4.69, 9.17) is 9.47 Å². The van der Waals surface area contributed by atoms with Gasteiger partial charge in [-0.05, 0) is 18.9 Å². The molecule has 0 spiro atoms. The lowest BCUT2D eigenvalue weighted by Crippen LogP contribution is -2.36. The van der Waals surface area contributed by atoms with Crippen LogP contribution in [0.15, 0.2) is 0 Å². The molecular formula is C11H22BrNO2. The van der Waals surface area contributed by atoms with Gasteiger partial charge in [0.25, 0.3) is 0 Å². The molecule has 0 bridgehead atoms. The predicted molar refractivity (Wildman–Crippen MR) is 65.6 cm³/mol. The topological polar surface area (TPSA) is 21.7 Å². The Morgan fingerprint density at radius 2 is 2.13 bits per heavy atom. The van der Waals surface area contributed by atoms with Gasteiger partial charge in [-0.15, -0.1) is 0 Å². The quantitative estimate of drug-likeness (QED) is 0.524. The molecule has 0 N–H and O–H groups in total. The fourth-order valence-corrected chi connectivity index (χ4v) is 3.09. The van der Waals surface area contributed by atoms with Gasteiger partial charge in [0, 0.05) is 25.0 Å². The van der Waals surface area contributed by atoms with Gasteiger partial charge in [-0.2, -0.15) is 0 Å². The lowest BCUT2D eigenvalue weighted by atomic mass is 10.1. The molecule has 1 aliphatic rings. The highest BCUT2D eigenvalue weighted by Crippen LogP contribution is 2.24. The normalized spacial score (nSPS) is 27.4. The van der Waals surface area contributed by atoms with Gasteiger partial charge in [-0.1, -0.05) is 22.9 Å². The highest BCUT2D eigenvalue weighted by atomic mass is 79.9. The maximum absolute atomic E-state index is 5.48. The molecule has 3 nitrogen and oxygen atoms in total. The molecular weight excluding hydrogens is 258 g/mol. The molecule has 2 atom stereocenters. The molecule has 15 heavy (non-hydrogen) atoms. The average Bonchev–Trinajstić information content (AvgIpc) is 2.59. The summed E-state index contributed by atoms with van der Waals surface area (Å²) in [4.78, 5) is 2.52. The third-order valence-electron chi connectivity index (χ3n) is 3.11. The molecule has 2 unspecified atom stereocenters. The van der Waals surface area contributed by atoms with E-state index in [1.54, 1.807) is 7.11 Å². The van der Waals surface area contributed by atoms with Gasteiger partial charge in [0.2, 0.25) is 0 Å². The Kier molecular flexibility index (Phi) is 6.81. The van der Waals surface area contributed by atoms with E-state index in [1.807, 2.05) is 0 Å². The smallest absolute Gasteiger partial charge is 0.0700 e. The summed E-state index contributed by atoms with van der Waals surface area (Å²) in [5.41, 5.74) is 0. The lowest BCUT2D eigenvalue weighted by molar-refractivity contribution is 0.0555. The van der Waals surface area contributed by atoms with Gasteiger partial charge in [0.05, 0.1) is 19.8 Å². The minimum atomic E-state index is 0.691. The van der Waals surface area contributed by atoms with Crippen LogP contribution in [0.3, 0.4) is 0 Å². The highest BCUT2D eigenvalue weighted by Gasteiger charge is 2.29. The first-order valence-electron chi connectivity index (χ1n) is 5.66. The number of nitrogens with zero attached hydrogens (tertiary/aromatic N) is 1. The number of ether oxygens (including phenoxy) is 2. The molecule has 0 aromatic rings. The largest absolute Gasteiger partial charge is 0.382 e. The maximum Gasteiger partial charge on any atom is 0.0700 e. The van der Waals surface area contributed by atoms with Crippen molar-refractivity contribution in [3.8, 4) is 0 Å². The summed E-state index contributed by atoms with van der Waals surface area (Å²) in [5.74, 6) is 0.809. The van der Waals surface area contributed by atoms with E-state index in [9.17, 15) is 0 Å². The Labute approximate surface area is 101 Å². The molecule has 4 heteroatoms. The van der Waals surface area contributed by atoms with Crippen molar-refractivity contribution < 1.29 is 9.47 Å². The van der Waals surface area contributed by atoms with E-state index in [2.05, 4.69) is 27.8 Å². The number of hydrogen-bond acceptors (Lipinski definition) is 3. The van der Waals surface area contributed by atoms with Gasteiger partial charge in [-0.25, -0.2) is 0 Å². The first-order valence-corrected chi connectivity index (χ1v) is 6.78. The third kappa shape index (κ3) is 4.39. The van der Waals surface area contributed by atoms with Crippen molar-refractivity contribution in [2.75, 3.05) is 45.4 Å². The Hall–Kier alpha value is 0.360. The van der Waals surface area contributed by atoms with Crippen molar-refractivity contribution in [2.24, 2.45) is 5.92 Å². The van der Waals surface area contributed by atoms with Crippen LogP contribution in [0.2, 0.25) is 0 Å². The Bertz CT molecular complexity index is 169. The second kappa shape index (κ2) is 7.60. The van der Waals surface area contributed by atoms with E-state index in [0.717, 1.165) is 24.4 Å². The maximum atomic E-state index is 5.48. The van der Waals surface area contributed by atoms with Gasteiger partial charge in [0.1, 0.15) is 0 Å². The zero-order valence-corrected chi connectivity index (χ0v) is 11.3. The summed E-state index contributed by atoms with van der Waals surface area (Å²) in [5, 5.41) is 1.08. The zero-order chi connectivity index (χ0) is 11.1. The Morgan fingerprint density at radius 3 is 2.80 bits per heavy atom. The standard InChI is InChI=1S/C11H22BrNO2/c1-10-3-4-13(11(10)9-12)5-6-15-8-7-14-2/h10-11H,3-9H2,1-2H3. The van der Waals surface area contributed by atoms with Gasteiger partial charge in [-0.3, -0.25) is 4.90 Å². The molecule has 90 valence electrons. The van der Waals surface area contributed by atoms with Gasteiger partial charge >= 0.3 is 0 Å².